The standard InChI is InChI=1S/C12H16N2O2S2/c1-8-3-2-4-10(11(8)12(13)17)14-18(15,16)7-9-5-6-9/h2-4,9,14H,5-7H2,1H3,(H2,13,17). The molecule has 6 heteroatoms. The van der Waals surface area contributed by atoms with Gasteiger partial charge in [-0.2, -0.15) is 0 Å². The Bertz CT molecular complexity index is 578. The van der Waals surface area contributed by atoms with Crippen LogP contribution in [0.15, 0.2) is 18.2 Å². The highest BCUT2D eigenvalue weighted by atomic mass is 32.2. The quantitative estimate of drug-likeness (QED) is 0.809. The Balaban J connectivity index is 2.28. The Morgan fingerprint density at radius 3 is 2.72 bits per heavy atom. The van der Waals surface area contributed by atoms with E-state index in [4.69, 9.17) is 18.0 Å². The maximum atomic E-state index is 11.9. The molecule has 0 spiro atoms. The zero-order chi connectivity index (χ0) is 13.3. The molecule has 0 radical (unpaired) electrons. The lowest BCUT2D eigenvalue weighted by Crippen LogP contribution is -2.21. The molecule has 0 atom stereocenters. The molecule has 1 aromatic carbocycles. The van der Waals surface area contributed by atoms with Crippen molar-refractivity contribution in [2.45, 2.75) is 19.8 Å². The first-order chi connectivity index (χ1) is 8.39. The van der Waals surface area contributed by atoms with Gasteiger partial charge in [0.25, 0.3) is 0 Å². The third-order valence-electron chi connectivity index (χ3n) is 2.94. The van der Waals surface area contributed by atoms with Crippen LogP contribution in [0, 0.1) is 12.8 Å². The van der Waals surface area contributed by atoms with Crippen LogP contribution in [0.5, 0.6) is 0 Å². The minimum atomic E-state index is -3.31. The van der Waals surface area contributed by atoms with Gasteiger partial charge in [-0.1, -0.05) is 24.4 Å². The van der Waals surface area contributed by atoms with Gasteiger partial charge in [0.1, 0.15) is 4.99 Å². The summed E-state index contributed by atoms with van der Waals surface area (Å²) in [5, 5.41) is 0. The lowest BCUT2D eigenvalue weighted by Gasteiger charge is -2.13. The predicted molar refractivity (Wildman–Crippen MR) is 77.2 cm³/mol. The number of nitrogens with one attached hydrogen (secondary N) is 1. The maximum Gasteiger partial charge on any atom is 0.233 e. The predicted octanol–water partition coefficient (Wildman–Crippen LogP) is 1.78. The van der Waals surface area contributed by atoms with Gasteiger partial charge in [-0.05, 0) is 37.3 Å². The normalized spacial score (nSPS) is 15.4. The number of nitrogens with two attached hydrogens (primary N) is 1. The topological polar surface area (TPSA) is 72.2 Å². The number of benzene rings is 1. The van der Waals surface area contributed by atoms with Gasteiger partial charge < -0.3 is 5.73 Å². The van der Waals surface area contributed by atoms with Crippen LogP contribution < -0.4 is 10.5 Å². The Hall–Kier alpha value is -1.14. The highest BCUT2D eigenvalue weighted by molar-refractivity contribution is 7.92. The summed E-state index contributed by atoms with van der Waals surface area (Å²) in [6, 6.07) is 5.32. The van der Waals surface area contributed by atoms with Crippen molar-refractivity contribution in [3.8, 4) is 0 Å². The van der Waals surface area contributed by atoms with Crippen molar-refractivity contribution in [3.63, 3.8) is 0 Å². The van der Waals surface area contributed by atoms with Crippen molar-refractivity contribution in [3.05, 3.63) is 29.3 Å². The lowest BCUT2D eigenvalue weighted by atomic mass is 10.1. The van der Waals surface area contributed by atoms with E-state index in [1.54, 1.807) is 12.1 Å². The molecule has 0 aromatic heterocycles. The minimum absolute atomic E-state index is 0.178. The number of rotatable bonds is 5. The van der Waals surface area contributed by atoms with E-state index in [9.17, 15) is 8.42 Å². The number of sulfonamides is 1. The summed E-state index contributed by atoms with van der Waals surface area (Å²) >= 11 is 4.97. The fourth-order valence-electron chi connectivity index (χ4n) is 1.88. The molecule has 1 aromatic rings. The van der Waals surface area contributed by atoms with E-state index in [1.165, 1.54) is 0 Å². The molecule has 0 saturated heterocycles. The molecule has 3 N–H and O–H groups in total. The van der Waals surface area contributed by atoms with Crippen molar-refractivity contribution in [2.75, 3.05) is 10.5 Å². The summed E-state index contributed by atoms with van der Waals surface area (Å²) in [5.41, 5.74) is 7.59. The van der Waals surface area contributed by atoms with Crippen LogP contribution in [0.2, 0.25) is 0 Å². The minimum Gasteiger partial charge on any atom is -0.389 e. The first kappa shape index (κ1) is 13.3. The molecule has 18 heavy (non-hydrogen) atoms. The fraction of sp³-hybridized carbons (Fsp3) is 0.417. The van der Waals surface area contributed by atoms with Crippen LogP contribution in [0.4, 0.5) is 5.69 Å². The second kappa shape index (κ2) is 4.85. The summed E-state index contributed by atoms with van der Waals surface area (Å²) in [4.78, 5) is 0.206. The van der Waals surface area contributed by atoms with Crippen molar-refractivity contribution in [2.24, 2.45) is 11.7 Å². The van der Waals surface area contributed by atoms with Gasteiger partial charge in [0.05, 0.1) is 11.4 Å². The largest absolute Gasteiger partial charge is 0.389 e. The molecule has 4 nitrogen and oxygen atoms in total. The lowest BCUT2D eigenvalue weighted by molar-refractivity contribution is 0.597. The zero-order valence-electron chi connectivity index (χ0n) is 10.1. The van der Waals surface area contributed by atoms with Crippen LogP contribution in [-0.4, -0.2) is 19.2 Å². The van der Waals surface area contributed by atoms with E-state index in [-0.39, 0.29) is 10.7 Å². The van der Waals surface area contributed by atoms with Gasteiger partial charge in [-0.3, -0.25) is 4.72 Å². The Morgan fingerprint density at radius 1 is 1.50 bits per heavy atom. The third kappa shape index (κ3) is 3.20. The summed E-state index contributed by atoms with van der Waals surface area (Å²) in [6.45, 7) is 1.85. The van der Waals surface area contributed by atoms with Crippen molar-refractivity contribution >= 4 is 32.9 Å². The van der Waals surface area contributed by atoms with Crippen LogP contribution in [0.3, 0.4) is 0 Å². The number of thiocarbonyl (C=S) groups is 1. The molecule has 1 aliphatic rings. The van der Waals surface area contributed by atoms with Gasteiger partial charge >= 0.3 is 0 Å². The molecular formula is C12H16N2O2S2. The Kier molecular flexibility index (Phi) is 3.59. The number of aryl methyl sites for hydroxylation is 1. The van der Waals surface area contributed by atoms with Crippen LogP contribution in [0.1, 0.15) is 24.0 Å². The van der Waals surface area contributed by atoms with E-state index < -0.39 is 10.0 Å². The van der Waals surface area contributed by atoms with Gasteiger partial charge in [-0.15, -0.1) is 0 Å². The molecule has 0 amide bonds. The van der Waals surface area contributed by atoms with Gasteiger partial charge in [0.15, 0.2) is 0 Å². The maximum absolute atomic E-state index is 11.9. The fourth-order valence-corrected chi connectivity index (χ4v) is 3.70. The van der Waals surface area contributed by atoms with E-state index in [1.807, 2.05) is 13.0 Å². The smallest absolute Gasteiger partial charge is 0.233 e. The monoisotopic (exact) mass is 284 g/mol. The average Bonchev–Trinajstić information content (AvgIpc) is 2.99. The summed E-state index contributed by atoms with van der Waals surface area (Å²) < 4.78 is 26.5. The highest BCUT2D eigenvalue weighted by Crippen LogP contribution is 2.31. The van der Waals surface area contributed by atoms with Crippen molar-refractivity contribution in [1.29, 1.82) is 0 Å². The zero-order valence-corrected chi connectivity index (χ0v) is 11.8. The number of hydrogen-bond donors (Lipinski definition) is 2. The van der Waals surface area contributed by atoms with E-state index >= 15 is 0 Å². The molecule has 1 fully saturated rings. The molecule has 2 rings (SSSR count). The van der Waals surface area contributed by atoms with Crippen molar-refractivity contribution in [1.82, 2.24) is 0 Å². The summed E-state index contributed by atoms with van der Waals surface area (Å²) in [6.07, 6.45) is 1.99. The molecule has 1 saturated carbocycles. The molecule has 0 unspecified atom stereocenters. The Labute approximate surface area is 113 Å². The number of hydrogen-bond acceptors (Lipinski definition) is 3. The van der Waals surface area contributed by atoms with Crippen LogP contribution >= 0.6 is 12.2 Å². The third-order valence-corrected chi connectivity index (χ3v) is 4.58. The van der Waals surface area contributed by atoms with Gasteiger partial charge in [0, 0.05) is 5.56 Å². The second-order valence-corrected chi connectivity index (χ2v) is 6.90. The first-order valence-electron chi connectivity index (χ1n) is 5.79. The van der Waals surface area contributed by atoms with Crippen LogP contribution in [0.25, 0.3) is 0 Å². The molecular weight excluding hydrogens is 268 g/mol. The molecule has 0 aliphatic heterocycles. The van der Waals surface area contributed by atoms with Crippen molar-refractivity contribution < 1.29 is 8.42 Å². The van der Waals surface area contributed by atoms with Gasteiger partial charge in [0.2, 0.25) is 10.0 Å². The Morgan fingerprint density at radius 2 is 2.17 bits per heavy atom. The number of anilines is 1. The summed E-state index contributed by atoms with van der Waals surface area (Å²) in [5.74, 6) is 0.484. The molecule has 98 valence electrons. The summed E-state index contributed by atoms with van der Waals surface area (Å²) in [7, 11) is -3.31. The highest BCUT2D eigenvalue weighted by Gasteiger charge is 2.28. The second-order valence-electron chi connectivity index (χ2n) is 4.69. The van der Waals surface area contributed by atoms with Crippen LogP contribution in [-0.2, 0) is 10.0 Å². The van der Waals surface area contributed by atoms with Gasteiger partial charge in [-0.25, -0.2) is 8.42 Å². The molecule has 0 bridgehead atoms. The first-order valence-corrected chi connectivity index (χ1v) is 7.85. The average molecular weight is 284 g/mol. The van der Waals surface area contributed by atoms with E-state index in [0.717, 1.165) is 18.4 Å². The SMILES string of the molecule is Cc1cccc(NS(=O)(=O)CC2CC2)c1C(N)=S. The van der Waals surface area contributed by atoms with E-state index in [2.05, 4.69) is 4.72 Å². The molecule has 0 heterocycles. The van der Waals surface area contributed by atoms with E-state index in [0.29, 0.717) is 17.2 Å². The molecule has 1 aliphatic carbocycles.